The van der Waals surface area contributed by atoms with Gasteiger partial charge in [0.05, 0.1) is 16.6 Å². The summed E-state index contributed by atoms with van der Waals surface area (Å²) in [5.74, 6) is 0.413. The summed E-state index contributed by atoms with van der Waals surface area (Å²) in [6, 6.07) is 5.34. The van der Waals surface area contributed by atoms with Crippen LogP contribution >= 0.6 is 0 Å². The van der Waals surface area contributed by atoms with Crippen molar-refractivity contribution in [2.45, 2.75) is 56.7 Å². The summed E-state index contributed by atoms with van der Waals surface area (Å²) < 4.78 is 17.9. The van der Waals surface area contributed by atoms with Gasteiger partial charge in [-0.2, -0.15) is 0 Å². The molecular formula is C16H24N2O3S. The summed E-state index contributed by atoms with van der Waals surface area (Å²) in [5, 5.41) is 0.567. The lowest BCUT2D eigenvalue weighted by molar-refractivity contribution is 0.0125. The first-order chi connectivity index (χ1) is 10.4. The van der Waals surface area contributed by atoms with Gasteiger partial charge in [0.15, 0.2) is 0 Å². The van der Waals surface area contributed by atoms with Crippen molar-refractivity contribution in [1.82, 2.24) is 9.88 Å². The highest BCUT2D eigenvalue weighted by Crippen LogP contribution is 2.22. The van der Waals surface area contributed by atoms with Crippen LogP contribution in [0.4, 0.5) is 4.79 Å². The summed E-state index contributed by atoms with van der Waals surface area (Å²) in [6.07, 6.45) is 4.20. The van der Waals surface area contributed by atoms with Gasteiger partial charge in [0.25, 0.3) is 0 Å². The molecule has 0 aromatic carbocycles. The number of hydrogen-bond acceptors (Lipinski definition) is 4. The average molecular weight is 324 g/mol. The van der Waals surface area contributed by atoms with Crippen LogP contribution in [0.25, 0.3) is 0 Å². The van der Waals surface area contributed by atoms with E-state index >= 15 is 0 Å². The van der Waals surface area contributed by atoms with Gasteiger partial charge in [-0.15, -0.1) is 0 Å². The van der Waals surface area contributed by atoms with Gasteiger partial charge >= 0.3 is 6.09 Å². The first-order valence-electron chi connectivity index (χ1n) is 7.66. The fourth-order valence-corrected chi connectivity index (χ4v) is 3.75. The maximum atomic E-state index is 12.4. The van der Waals surface area contributed by atoms with Crippen molar-refractivity contribution in [2.24, 2.45) is 0 Å². The Bertz CT molecular complexity index is 528. The van der Waals surface area contributed by atoms with E-state index in [2.05, 4.69) is 4.98 Å². The number of pyridine rings is 1. The molecule has 1 aliphatic rings. The van der Waals surface area contributed by atoms with Gasteiger partial charge in [0.2, 0.25) is 0 Å². The van der Waals surface area contributed by atoms with Crippen LogP contribution in [-0.4, -0.2) is 44.1 Å². The number of carbonyl (C=O) groups excluding carboxylic acids is 1. The van der Waals surface area contributed by atoms with Crippen molar-refractivity contribution in [1.29, 1.82) is 0 Å². The molecule has 0 radical (unpaired) electrons. The molecule has 0 unspecified atom stereocenters. The fraction of sp³-hybridized carbons (Fsp3) is 0.625. The molecule has 1 aliphatic heterocycles. The summed E-state index contributed by atoms with van der Waals surface area (Å²) >= 11 is 0. The Kier molecular flexibility index (Phi) is 5.56. The van der Waals surface area contributed by atoms with Crippen molar-refractivity contribution in [2.75, 3.05) is 12.3 Å². The van der Waals surface area contributed by atoms with Crippen LogP contribution in [0.5, 0.6) is 0 Å². The second-order valence-electron chi connectivity index (χ2n) is 6.50. The first-order valence-corrected chi connectivity index (χ1v) is 8.98. The molecular weight excluding hydrogens is 300 g/mol. The lowest BCUT2D eigenvalue weighted by atomic mass is 10.0. The normalized spacial score (nSPS) is 20.5. The minimum Gasteiger partial charge on any atom is -0.444 e. The van der Waals surface area contributed by atoms with Crippen molar-refractivity contribution in [3.63, 3.8) is 0 Å². The van der Waals surface area contributed by atoms with Gasteiger partial charge in [-0.05, 0) is 52.2 Å². The lowest BCUT2D eigenvalue weighted by Crippen LogP contribution is -2.48. The number of likely N-dealkylation sites (tertiary alicyclic amines) is 1. The molecule has 1 aromatic rings. The van der Waals surface area contributed by atoms with Gasteiger partial charge in [0, 0.05) is 18.8 Å². The predicted molar refractivity (Wildman–Crippen MR) is 86.1 cm³/mol. The highest BCUT2D eigenvalue weighted by atomic mass is 32.2. The van der Waals surface area contributed by atoms with Crippen LogP contribution in [0.1, 0.15) is 40.0 Å². The van der Waals surface area contributed by atoms with E-state index in [-0.39, 0.29) is 12.1 Å². The average Bonchev–Trinajstić information content (AvgIpc) is 2.47. The molecule has 0 aliphatic carbocycles. The quantitative estimate of drug-likeness (QED) is 0.857. The zero-order valence-electron chi connectivity index (χ0n) is 13.4. The van der Waals surface area contributed by atoms with Crippen molar-refractivity contribution in [3.05, 3.63) is 24.4 Å². The van der Waals surface area contributed by atoms with Gasteiger partial charge in [-0.1, -0.05) is 6.07 Å². The SMILES string of the molecule is CC(C)(C)OC(=O)N1CCCC[C@@H]1C[S@](=O)c1ccccn1. The highest BCUT2D eigenvalue weighted by Gasteiger charge is 2.31. The number of ether oxygens (including phenoxy) is 1. The number of carbonyl (C=O) groups is 1. The van der Waals surface area contributed by atoms with E-state index in [1.54, 1.807) is 23.2 Å². The third kappa shape index (κ3) is 4.80. The Labute approximate surface area is 134 Å². The maximum Gasteiger partial charge on any atom is 0.410 e. The Morgan fingerprint density at radius 1 is 1.41 bits per heavy atom. The zero-order valence-corrected chi connectivity index (χ0v) is 14.3. The van der Waals surface area contributed by atoms with Crippen molar-refractivity contribution >= 4 is 16.9 Å². The van der Waals surface area contributed by atoms with Crippen molar-refractivity contribution < 1.29 is 13.7 Å². The number of amides is 1. The molecule has 0 saturated carbocycles. The van der Waals surface area contributed by atoms with Gasteiger partial charge in [0.1, 0.15) is 10.6 Å². The molecule has 1 saturated heterocycles. The third-order valence-electron chi connectivity index (χ3n) is 3.47. The molecule has 1 aromatic heterocycles. The van der Waals surface area contributed by atoms with E-state index in [1.807, 2.05) is 26.8 Å². The van der Waals surface area contributed by atoms with Gasteiger partial charge in [-0.3, -0.25) is 4.21 Å². The number of piperidine rings is 1. The van der Waals surface area contributed by atoms with E-state index in [4.69, 9.17) is 4.74 Å². The van der Waals surface area contributed by atoms with E-state index in [1.165, 1.54) is 0 Å². The molecule has 122 valence electrons. The standard InChI is InChI=1S/C16H24N2O3S/c1-16(2,3)21-15(19)18-11-7-5-8-13(18)12-22(20)14-9-4-6-10-17-14/h4,6,9-10,13H,5,7-8,11-12H2,1-3H3/t13-,22+/m1/s1. The Morgan fingerprint density at radius 2 is 2.18 bits per heavy atom. The number of nitrogens with zero attached hydrogens (tertiary/aromatic N) is 2. The number of rotatable bonds is 3. The fourth-order valence-electron chi connectivity index (χ4n) is 2.48. The molecule has 1 amide bonds. The summed E-state index contributed by atoms with van der Waals surface area (Å²) in [7, 11) is -1.20. The molecule has 2 rings (SSSR count). The highest BCUT2D eigenvalue weighted by molar-refractivity contribution is 7.85. The molecule has 2 heterocycles. The third-order valence-corrected chi connectivity index (χ3v) is 4.87. The largest absolute Gasteiger partial charge is 0.444 e. The monoisotopic (exact) mass is 324 g/mol. The molecule has 1 fully saturated rings. The van der Waals surface area contributed by atoms with Gasteiger partial charge in [-0.25, -0.2) is 9.78 Å². The number of hydrogen-bond donors (Lipinski definition) is 0. The zero-order chi connectivity index (χ0) is 16.2. The van der Waals surface area contributed by atoms with E-state index < -0.39 is 16.4 Å². The Morgan fingerprint density at radius 3 is 2.82 bits per heavy atom. The lowest BCUT2D eigenvalue weighted by Gasteiger charge is -2.36. The topological polar surface area (TPSA) is 59.5 Å². The predicted octanol–water partition coefficient (Wildman–Crippen LogP) is 2.98. The molecule has 0 spiro atoms. The molecule has 22 heavy (non-hydrogen) atoms. The van der Waals surface area contributed by atoms with Crippen LogP contribution in [0.3, 0.4) is 0 Å². The van der Waals surface area contributed by atoms with Crippen LogP contribution in [0.2, 0.25) is 0 Å². The smallest absolute Gasteiger partial charge is 0.410 e. The van der Waals surface area contributed by atoms with Crippen LogP contribution < -0.4 is 0 Å². The molecule has 0 bridgehead atoms. The minimum absolute atomic E-state index is 0.0496. The Hall–Kier alpha value is -1.43. The number of aromatic nitrogens is 1. The van der Waals surface area contributed by atoms with E-state index in [9.17, 15) is 9.00 Å². The maximum absolute atomic E-state index is 12.4. The molecule has 0 N–H and O–H groups in total. The van der Waals surface area contributed by atoms with Crippen LogP contribution in [0, 0.1) is 0 Å². The first kappa shape index (κ1) is 16.9. The van der Waals surface area contributed by atoms with Crippen LogP contribution in [0.15, 0.2) is 29.4 Å². The Balaban J connectivity index is 2.04. The van der Waals surface area contributed by atoms with Crippen molar-refractivity contribution in [3.8, 4) is 0 Å². The molecule has 2 atom stereocenters. The van der Waals surface area contributed by atoms with Gasteiger partial charge < -0.3 is 9.64 Å². The summed E-state index contributed by atoms with van der Waals surface area (Å²) in [4.78, 5) is 18.2. The van der Waals surface area contributed by atoms with E-state index in [0.717, 1.165) is 19.3 Å². The van der Waals surface area contributed by atoms with E-state index in [0.29, 0.717) is 17.3 Å². The second kappa shape index (κ2) is 7.22. The summed E-state index contributed by atoms with van der Waals surface area (Å²) in [5.41, 5.74) is -0.515. The molecule has 5 nitrogen and oxygen atoms in total. The minimum atomic E-state index is -1.20. The second-order valence-corrected chi connectivity index (χ2v) is 7.95. The summed E-state index contributed by atoms with van der Waals surface area (Å²) in [6.45, 7) is 6.24. The molecule has 6 heteroatoms. The van der Waals surface area contributed by atoms with Crippen LogP contribution in [-0.2, 0) is 15.5 Å².